The number of hydrogen-bond donors (Lipinski definition) is 0. The SMILES string of the molecule is C#Cc1ccc(-c2ccc3ncc4c(c3c2)n(-c2ccc(C(C)(C)C#N)cc2)c(=O)n4C)cn1. The molecule has 0 amide bonds. The Hall–Kier alpha value is -4.68. The van der Waals surface area contributed by atoms with Crippen molar-refractivity contribution in [3.63, 3.8) is 0 Å². The Bertz CT molecular complexity index is 1710. The van der Waals surface area contributed by atoms with Gasteiger partial charge in [-0.05, 0) is 55.3 Å². The van der Waals surface area contributed by atoms with Gasteiger partial charge in [0.1, 0.15) is 5.69 Å². The van der Waals surface area contributed by atoms with Crippen LogP contribution >= 0.6 is 0 Å². The fourth-order valence-corrected chi connectivity index (χ4v) is 4.16. The van der Waals surface area contributed by atoms with E-state index in [2.05, 4.69) is 22.0 Å². The van der Waals surface area contributed by atoms with Crippen LogP contribution in [0.5, 0.6) is 0 Å². The summed E-state index contributed by atoms with van der Waals surface area (Å²) in [7, 11) is 1.74. The minimum absolute atomic E-state index is 0.165. The molecule has 6 heteroatoms. The van der Waals surface area contributed by atoms with Crippen molar-refractivity contribution in [1.29, 1.82) is 5.26 Å². The van der Waals surface area contributed by atoms with E-state index in [-0.39, 0.29) is 5.69 Å². The van der Waals surface area contributed by atoms with Gasteiger partial charge in [0.15, 0.2) is 0 Å². The van der Waals surface area contributed by atoms with E-state index in [0.29, 0.717) is 5.69 Å². The van der Waals surface area contributed by atoms with Gasteiger partial charge in [-0.3, -0.25) is 14.1 Å². The molecule has 0 aliphatic carbocycles. The van der Waals surface area contributed by atoms with Crippen molar-refractivity contribution in [3.8, 4) is 35.2 Å². The van der Waals surface area contributed by atoms with E-state index in [1.165, 1.54) is 0 Å². The first-order valence-corrected chi connectivity index (χ1v) is 10.8. The maximum absolute atomic E-state index is 13.3. The Morgan fingerprint density at radius 1 is 0.971 bits per heavy atom. The van der Waals surface area contributed by atoms with Gasteiger partial charge in [0, 0.05) is 24.2 Å². The summed E-state index contributed by atoms with van der Waals surface area (Å²) in [6.07, 6.45) is 8.91. The number of benzene rings is 2. The van der Waals surface area contributed by atoms with Crippen LogP contribution in [0, 0.1) is 23.7 Å². The number of imidazole rings is 1. The zero-order chi connectivity index (χ0) is 24.0. The van der Waals surface area contributed by atoms with Crippen molar-refractivity contribution in [2.75, 3.05) is 0 Å². The van der Waals surface area contributed by atoms with E-state index in [0.717, 1.165) is 44.3 Å². The van der Waals surface area contributed by atoms with Crippen LogP contribution in [0.1, 0.15) is 25.1 Å². The highest BCUT2D eigenvalue weighted by Gasteiger charge is 2.21. The second kappa shape index (κ2) is 7.72. The fourth-order valence-electron chi connectivity index (χ4n) is 4.16. The summed E-state index contributed by atoms with van der Waals surface area (Å²) >= 11 is 0. The second-order valence-electron chi connectivity index (χ2n) is 8.76. The molecule has 0 unspecified atom stereocenters. The molecule has 0 radical (unpaired) electrons. The lowest BCUT2D eigenvalue weighted by atomic mass is 9.86. The highest BCUT2D eigenvalue weighted by molar-refractivity contribution is 6.04. The molecule has 0 bridgehead atoms. The van der Waals surface area contributed by atoms with Gasteiger partial charge in [0.05, 0.1) is 39.9 Å². The minimum atomic E-state index is -0.614. The van der Waals surface area contributed by atoms with Gasteiger partial charge in [0.25, 0.3) is 0 Å². The molecule has 0 saturated carbocycles. The van der Waals surface area contributed by atoms with Crippen molar-refractivity contribution in [2.45, 2.75) is 19.3 Å². The number of nitriles is 1. The Labute approximate surface area is 196 Å². The van der Waals surface area contributed by atoms with Gasteiger partial charge in [0.2, 0.25) is 0 Å². The van der Waals surface area contributed by atoms with Gasteiger partial charge in [-0.2, -0.15) is 5.26 Å². The smallest absolute Gasteiger partial charge is 0.293 e. The molecule has 34 heavy (non-hydrogen) atoms. The third-order valence-corrected chi connectivity index (χ3v) is 6.25. The third kappa shape index (κ3) is 3.25. The average Bonchev–Trinajstić information content (AvgIpc) is 3.14. The predicted octanol–water partition coefficient (Wildman–Crippen LogP) is 4.72. The number of aromatic nitrogens is 4. The predicted molar refractivity (Wildman–Crippen MR) is 134 cm³/mol. The van der Waals surface area contributed by atoms with E-state index in [9.17, 15) is 10.1 Å². The molecular formula is C28H21N5O. The Morgan fingerprint density at radius 2 is 1.71 bits per heavy atom. The van der Waals surface area contributed by atoms with Crippen molar-refractivity contribution < 1.29 is 0 Å². The molecule has 0 spiro atoms. The summed E-state index contributed by atoms with van der Waals surface area (Å²) in [5.74, 6) is 2.53. The summed E-state index contributed by atoms with van der Waals surface area (Å²) in [4.78, 5) is 22.2. The number of nitrogens with zero attached hydrogens (tertiary/aromatic N) is 5. The highest BCUT2D eigenvalue weighted by atomic mass is 16.1. The molecule has 5 aromatic rings. The minimum Gasteiger partial charge on any atom is -0.293 e. The lowest BCUT2D eigenvalue weighted by Crippen LogP contribution is -2.21. The molecule has 6 nitrogen and oxygen atoms in total. The molecule has 0 aliphatic rings. The van der Waals surface area contributed by atoms with Crippen molar-refractivity contribution in [2.24, 2.45) is 7.05 Å². The first-order valence-electron chi connectivity index (χ1n) is 10.8. The van der Waals surface area contributed by atoms with Crippen LogP contribution in [0.25, 0.3) is 38.8 Å². The van der Waals surface area contributed by atoms with Crippen LogP contribution in [0.15, 0.2) is 71.8 Å². The van der Waals surface area contributed by atoms with Crippen LogP contribution in [0.3, 0.4) is 0 Å². The van der Waals surface area contributed by atoms with E-state index in [1.54, 1.807) is 34.6 Å². The quantitative estimate of drug-likeness (QED) is 0.378. The first-order chi connectivity index (χ1) is 16.3. The van der Waals surface area contributed by atoms with Crippen LogP contribution < -0.4 is 5.69 Å². The largest absolute Gasteiger partial charge is 0.333 e. The molecule has 0 fully saturated rings. The van der Waals surface area contributed by atoms with Crippen LogP contribution in [-0.2, 0) is 12.5 Å². The van der Waals surface area contributed by atoms with E-state index < -0.39 is 5.41 Å². The second-order valence-corrected chi connectivity index (χ2v) is 8.76. The number of rotatable bonds is 3. The molecule has 3 aromatic heterocycles. The summed E-state index contributed by atoms with van der Waals surface area (Å²) in [6, 6.07) is 19.6. The van der Waals surface area contributed by atoms with E-state index in [1.807, 2.05) is 62.4 Å². The number of hydrogen-bond acceptors (Lipinski definition) is 4. The normalized spacial score (nSPS) is 11.4. The Balaban J connectivity index is 1.76. The molecular weight excluding hydrogens is 422 g/mol. The molecule has 2 aromatic carbocycles. The summed E-state index contributed by atoms with van der Waals surface area (Å²) < 4.78 is 3.30. The van der Waals surface area contributed by atoms with Crippen LogP contribution in [-0.4, -0.2) is 19.1 Å². The molecule has 5 rings (SSSR count). The topological polar surface area (TPSA) is 76.5 Å². The van der Waals surface area contributed by atoms with Crippen molar-refractivity contribution >= 4 is 21.9 Å². The monoisotopic (exact) mass is 443 g/mol. The number of pyridine rings is 2. The lowest BCUT2D eigenvalue weighted by Gasteiger charge is -2.16. The van der Waals surface area contributed by atoms with Gasteiger partial charge < -0.3 is 0 Å². The maximum atomic E-state index is 13.3. The zero-order valence-corrected chi connectivity index (χ0v) is 19.1. The van der Waals surface area contributed by atoms with Gasteiger partial charge >= 0.3 is 5.69 Å². The van der Waals surface area contributed by atoms with Crippen molar-refractivity contribution in [1.82, 2.24) is 19.1 Å². The molecule has 0 saturated heterocycles. The molecule has 3 heterocycles. The first kappa shape index (κ1) is 21.2. The van der Waals surface area contributed by atoms with Gasteiger partial charge in [-0.15, -0.1) is 6.42 Å². The number of aryl methyl sites for hydroxylation is 1. The molecule has 0 atom stereocenters. The van der Waals surface area contributed by atoms with Crippen molar-refractivity contribution in [3.05, 3.63) is 88.7 Å². The van der Waals surface area contributed by atoms with Crippen LogP contribution in [0.4, 0.5) is 0 Å². The van der Waals surface area contributed by atoms with Gasteiger partial charge in [-0.1, -0.05) is 30.2 Å². The Kier molecular flexibility index (Phi) is 4.81. The standard InChI is InChI=1S/C28H21N5O/c1-5-21-10-6-19(15-30-21)18-7-13-24-23(14-18)26-25(16-31-24)32(4)27(34)33(26)22-11-8-20(9-12-22)28(2,3)17-29/h1,6-16H,2-4H3. The number of terminal acetylenes is 1. The third-order valence-electron chi connectivity index (χ3n) is 6.25. The lowest BCUT2D eigenvalue weighted by molar-refractivity contribution is 0.686. The van der Waals surface area contributed by atoms with E-state index in [4.69, 9.17) is 6.42 Å². The zero-order valence-electron chi connectivity index (χ0n) is 19.1. The van der Waals surface area contributed by atoms with Crippen LogP contribution in [0.2, 0.25) is 0 Å². The maximum Gasteiger partial charge on any atom is 0.333 e. The Morgan fingerprint density at radius 3 is 2.35 bits per heavy atom. The molecule has 0 N–H and O–H groups in total. The van der Waals surface area contributed by atoms with Gasteiger partial charge in [-0.25, -0.2) is 9.78 Å². The molecule has 0 aliphatic heterocycles. The highest BCUT2D eigenvalue weighted by Crippen LogP contribution is 2.30. The van der Waals surface area contributed by atoms with E-state index >= 15 is 0 Å². The summed E-state index contributed by atoms with van der Waals surface area (Å²) in [6.45, 7) is 3.75. The number of fused-ring (bicyclic) bond motifs is 3. The molecule has 164 valence electrons. The fraction of sp³-hybridized carbons (Fsp3) is 0.143. The summed E-state index contributed by atoms with van der Waals surface area (Å²) in [5.41, 5.74) is 5.59. The summed E-state index contributed by atoms with van der Waals surface area (Å²) in [5, 5.41) is 10.3. The average molecular weight is 444 g/mol.